The van der Waals surface area contributed by atoms with Crippen molar-refractivity contribution in [3.05, 3.63) is 0 Å². The molecule has 0 radical (unpaired) electrons. The molecule has 0 saturated heterocycles. The number of carboxylic acid groups (broad SMARTS) is 1. The first-order chi connectivity index (χ1) is 7.08. The van der Waals surface area contributed by atoms with Gasteiger partial charge in [-0.3, -0.25) is 10.1 Å². The third kappa shape index (κ3) is 4.18. The van der Waals surface area contributed by atoms with Gasteiger partial charge in [0.2, 0.25) is 0 Å². The molecule has 0 aliphatic heterocycles. The van der Waals surface area contributed by atoms with E-state index in [4.69, 9.17) is 4.74 Å². The van der Waals surface area contributed by atoms with Gasteiger partial charge in [0, 0.05) is 19.8 Å². The van der Waals surface area contributed by atoms with Crippen molar-refractivity contribution >= 4 is 5.97 Å². The number of hydrogen-bond acceptors (Lipinski definition) is 3. The van der Waals surface area contributed by atoms with Crippen molar-refractivity contribution in [2.75, 3.05) is 13.7 Å². The summed E-state index contributed by atoms with van der Waals surface area (Å²) in [6, 6.07) is 0.425. The minimum atomic E-state index is -0.755. The number of hydrogen-bond donors (Lipinski definition) is 2. The highest BCUT2D eigenvalue weighted by Crippen LogP contribution is 2.25. The van der Waals surface area contributed by atoms with Crippen LogP contribution >= 0.6 is 0 Å². The van der Waals surface area contributed by atoms with E-state index in [0.717, 1.165) is 25.7 Å². The third-order valence-corrected chi connectivity index (χ3v) is 2.85. The minimum Gasteiger partial charge on any atom is -0.480 e. The molecule has 1 fully saturated rings. The van der Waals surface area contributed by atoms with E-state index in [9.17, 15) is 9.90 Å². The lowest BCUT2D eigenvalue weighted by Gasteiger charge is -2.26. The van der Waals surface area contributed by atoms with Gasteiger partial charge in [0.25, 0.3) is 0 Å². The van der Waals surface area contributed by atoms with Gasteiger partial charge in [-0.25, -0.2) is 0 Å². The molecule has 0 amide bonds. The summed E-state index contributed by atoms with van der Waals surface area (Å²) < 4.78 is 4.94. The predicted molar refractivity (Wildman–Crippen MR) is 57.9 cm³/mol. The number of ether oxygens (including phenoxy) is 1. The average Bonchev–Trinajstić information content (AvgIpc) is 2.96. The van der Waals surface area contributed by atoms with Crippen molar-refractivity contribution in [2.45, 2.75) is 50.6 Å². The highest BCUT2D eigenvalue weighted by atomic mass is 16.5. The zero-order valence-electron chi connectivity index (χ0n) is 9.58. The Labute approximate surface area is 91.0 Å². The van der Waals surface area contributed by atoms with Crippen LogP contribution in [0.5, 0.6) is 0 Å². The van der Waals surface area contributed by atoms with Crippen LogP contribution in [0.25, 0.3) is 0 Å². The average molecular weight is 215 g/mol. The number of aliphatic carboxylic acids is 1. The quantitative estimate of drug-likeness (QED) is 0.601. The molecule has 0 aromatic rings. The van der Waals surface area contributed by atoms with Crippen LogP contribution in [-0.2, 0) is 9.53 Å². The first kappa shape index (κ1) is 12.5. The van der Waals surface area contributed by atoms with Crippen LogP contribution in [-0.4, -0.2) is 36.4 Å². The van der Waals surface area contributed by atoms with Crippen LogP contribution in [0.1, 0.15) is 39.0 Å². The first-order valence-electron chi connectivity index (χ1n) is 5.58. The summed E-state index contributed by atoms with van der Waals surface area (Å²) in [7, 11) is 1.67. The summed E-state index contributed by atoms with van der Waals surface area (Å²) in [6.07, 6.45) is 4.70. The molecule has 88 valence electrons. The van der Waals surface area contributed by atoms with Crippen molar-refractivity contribution in [3.63, 3.8) is 0 Å². The second-order valence-corrected chi connectivity index (χ2v) is 4.51. The van der Waals surface area contributed by atoms with Gasteiger partial charge in [-0.15, -0.1) is 0 Å². The largest absolute Gasteiger partial charge is 0.480 e. The molecule has 1 aliphatic rings. The molecular weight excluding hydrogens is 194 g/mol. The van der Waals surface area contributed by atoms with Gasteiger partial charge < -0.3 is 9.84 Å². The van der Waals surface area contributed by atoms with E-state index in [2.05, 4.69) is 5.32 Å². The molecule has 0 bridgehead atoms. The standard InChI is InChI=1S/C11H21NO3/c1-11(10(13)14,12-9-5-6-9)7-3-4-8-15-2/h9,12H,3-8H2,1-2H3,(H,13,14). The lowest BCUT2D eigenvalue weighted by molar-refractivity contribution is -0.144. The van der Waals surface area contributed by atoms with Crippen LogP contribution in [0.2, 0.25) is 0 Å². The van der Waals surface area contributed by atoms with Crippen molar-refractivity contribution < 1.29 is 14.6 Å². The van der Waals surface area contributed by atoms with Gasteiger partial charge in [-0.05, 0) is 39.0 Å². The summed E-state index contributed by atoms with van der Waals surface area (Å²) in [5.41, 5.74) is -0.755. The van der Waals surface area contributed by atoms with E-state index in [1.165, 1.54) is 0 Å². The number of unbranched alkanes of at least 4 members (excludes halogenated alkanes) is 1. The lowest BCUT2D eigenvalue weighted by Crippen LogP contribution is -2.50. The van der Waals surface area contributed by atoms with E-state index >= 15 is 0 Å². The molecule has 15 heavy (non-hydrogen) atoms. The van der Waals surface area contributed by atoms with Gasteiger partial charge in [-0.2, -0.15) is 0 Å². The smallest absolute Gasteiger partial charge is 0.323 e. The fraction of sp³-hybridized carbons (Fsp3) is 0.909. The van der Waals surface area contributed by atoms with Crippen LogP contribution < -0.4 is 5.32 Å². The Kier molecular flexibility index (Phi) is 4.54. The predicted octanol–water partition coefficient (Wildman–Crippen LogP) is 1.40. The number of rotatable bonds is 8. The number of carboxylic acids is 1. The Bertz CT molecular complexity index is 216. The van der Waals surface area contributed by atoms with Crippen LogP contribution in [0, 0.1) is 0 Å². The van der Waals surface area contributed by atoms with Crippen LogP contribution in [0.3, 0.4) is 0 Å². The molecule has 1 aliphatic carbocycles. The van der Waals surface area contributed by atoms with E-state index in [-0.39, 0.29) is 0 Å². The fourth-order valence-electron chi connectivity index (χ4n) is 1.64. The minimum absolute atomic E-state index is 0.425. The molecule has 4 heteroatoms. The maximum absolute atomic E-state index is 11.2. The zero-order valence-corrected chi connectivity index (χ0v) is 9.58. The Morgan fingerprint density at radius 2 is 2.20 bits per heavy atom. The van der Waals surface area contributed by atoms with Gasteiger partial charge >= 0.3 is 5.97 Å². The maximum atomic E-state index is 11.2. The number of nitrogens with one attached hydrogen (secondary N) is 1. The van der Waals surface area contributed by atoms with Gasteiger partial charge in [-0.1, -0.05) is 0 Å². The third-order valence-electron chi connectivity index (χ3n) is 2.85. The van der Waals surface area contributed by atoms with E-state index in [1.807, 2.05) is 0 Å². The molecule has 1 atom stereocenters. The molecule has 1 rings (SSSR count). The summed E-state index contributed by atoms with van der Waals surface area (Å²) in [5, 5.41) is 12.4. The highest BCUT2D eigenvalue weighted by molar-refractivity contribution is 5.78. The molecule has 0 aromatic heterocycles. The normalized spacial score (nSPS) is 19.9. The highest BCUT2D eigenvalue weighted by Gasteiger charge is 2.37. The van der Waals surface area contributed by atoms with Gasteiger partial charge in [0.1, 0.15) is 5.54 Å². The Morgan fingerprint density at radius 1 is 1.53 bits per heavy atom. The summed E-state index contributed by atoms with van der Waals surface area (Å²) >= 11 is 0. The lowest BCUT2D eigenvalue weighted by atomic mass is 9.95. The summed E-state index contributed by atoms with van der Waals surface area (Å²) in [6.45, 7) is 2.49. The topological polar surface area (TPSA) is 58.6 Å². The van der Waals surface area contributed by atoms with Crippen molar-refractivity contribution in [1.29, 1.82) is 0 Å². The second-order valence-electron chi connectivity index (χ2n) is 4.51. The zero-order chi connectivity index (χ0) is 11.3. The monoisotopic (exact) mass is 215 g/mol. The Balaban J connectivity index is 2.31. The molecule has 4 nitrogen and oxygen atoms in total. The molecule has 2 N–H and O–H groups in total. The van der Waals surface area contributed by atoms with Crippen LogP contribution in [0.15, 0.2) is 0 Å². The Hall–Kier alpha value is -0.610. The van der Waals surface area contributed by atoms with Gasteiger partial charge in [0.15, 0.2) is 0 Å². The summed E-state index contributed by atoms with van der Waals surface area (Å²) in [5.74, 6) is -0.744. The molecule has 0 aromatic carbocycles. The van der Waals surface area contributed by atoms with Crippen molar-refractivity contribution in [3.8, 4) is 0 Å². The molecule has 1 unspecified atom stereocenters. The Morgan fingerprint density at radius 3 is 2.67 bits per heavy atom. The van der Waals surface area contributed by atoms with Crippen molar-refractivity contribution in [1.82, 2.24) is 5.32 Å². The first-order valence-corrected chi connectivity index (χ1v) is 5.58. The molecule has 1 saturated carbocycles. The molecule has 0 heterocycles. The SMILES string of the molecule is COCCCCC(C)(NC1CC1)C(=O)O. The van der Waals surface area contributed by atoms with E-state index < -0.39 is 11.5 Å². The molecule has 0 spiro atoms. The number of carbonyl (C=O) groups is 1. The molecular formula is C11H21NO3. The van der Waals surface area contributed by atoms with E-state index in [1.54, 1.807) is 14.0 Å². The summed E-state index contributed by atoms with van der Waals surface area (Å²) in [4.78, 5) is 11.2. The number of methoxy groups -OCH3 is 1. The van der Waals surface area contributed by atoms with Gasteiger partial charge in [0.05, 0.1) is 0 Å². The fourth-order valence-corrected chi connectivity index (χ4v) is 1.64. The second kappa shape index (κ2) is 5.47. The maximum Gasteiger partial charge on any atom is 0.323 e. The van der Waals surface area contributed by atoms with Crippen LogP contribution in [0.4, 0.5) is 0 Å². The van der Waals surface area contributed by atoms with E-state index in [0.29, 0.717) is 19.1 Å². The van der Waals surface area contributed by atoms with Crippen molar-refractivity contribution in [2.24, 2.45) is 0 Å².